The van der Waals surface area contributed by atoms with Gasteiger partial charge in [0, 0.05) is 6.54 Å². The molecule has 0 saturated carbocycles. The molecule has 1 atom stereocenters. The Balaban J connectivity index is 2.39. The highest BCUT2D eigenvalue weighted by molar-refractivity contribution is 5.65. The van der Waals surface area contributed by atoms with Crippen molar-refractivity contribution in [2.45, 2.75) is 6.10 Å². The van der Waals surface area contributed by atoms with Crippen LogP contribution < -0.4 is 0 Å². The molecule has 0 aromatic carbocycles. The van der Waals surface area contributed by atoms with Crippen molar-refractivity contribution in [2.24, 2.45) is 0 Å². The maximum Gasteiger partial charge on any atom is 0.407 e. The van der Waals surface area contributed by atoms with Crippen LogP contribution in [0.3, 0.4) is 0 Å². The van der Waals surface area contributed by atoms with E-state index in [1.165, 1.54) is 4.90 Å². The third-order valence-electron chi connectivity index (χ3n) is 1.61. The summed E-state index contributed by atoms with van der Waals surface area (Å²) in [5.74, 6) is 0. The molecule has 1 rings (SSSR count). The molecule has 0 bridgehead atoms. The quantitative estimate of drug-likeness (QED) is 0.536. The van der Waals surface area contributed by atoms with Crippen molar-refractivity contribution in [2.75, 3.05) is 26.3 Å². The van der Waals surface area contributed by atoms with Gasteiger partial charge in [0.15, 0.2) is 0 Å². The van der Waals surface area contributed by atoms with Gasteiger partial charge in [-0.3, -0.25) is 0 Å². The first kappa shape index (κ1) is 8.29. The van der Waals surface area contributed by atoms with Crippen LogP contribution in [0.1, 0.15) is 0 Å². The first-order valence-corrected chi connectivity index (χ1v) is 3.44. The highest BCUT2D eigenvalue weighted by atomic mass is 16.5. The zero-order valence-electron chi connectivity index (χ0n) is 6.06. The van der Waals surface area contributed by atoms with Gasteiger partial charge in [-0.1, -0.05) is 0 Å². The van der Waals surface area contributed by atoms with E-state index in [0.29, 0.717) is 13.2 Å². The van der Waals surface area contributed by atoms with Crippen LogP contribution in [0.25, 0.3) is 0 Å². The van der Waals surface area contributed by atoms with E-state index >= 15 is 0 Å². The van der Waals surface area contributed by atoms with E-state index in [2.05, 4.69) is 0 Å². The fourth-order valence-electron chi connectivity index (χ4n) is 1.00. The number of amides is 1. The highest BCUT2D eigenvalue weighted by Gasteiger charge is 2.22. The Bertz CT molecular complexity index is 150. The monoisotopic (exact) mass is 161 g/mol. The maximum absolute atomic E-state index is 10.4. The standard InChI is InChI=1S/C6H11NO4/c8-4-5-3-7(6(9)10)1-2-11-5/h5,8H,1-4H2,(H,9,10)/t5-/m0/s1. The van der Waals surface area contributed by atoms with E-state index < -0.39 is 6.09 Å². The predicted octanol–water partition coefficient (Wildman–Crippen LogP) is -0.642. The second-order valence-electron chi connectivity index (χ2n) is 2.40. The zero-order valence-corrected chi connectivity index (χ0v) is 6.06. The molecule has 2 N–H and O–H groups in total. The summed E-state index contributed by atoms with van der Waals surface area (Å²) in [5.41, 5.74) is 0. The molecule has 5 heteroatoms. The van der Waals surface area contributed by atoms with Crippen molar-refractivity contribution in [3.8, 4) is 0 Å². The van der Waals surface area contributed by atoms with Crippen molar-refractivity contribution < 1.29 is 19.7 Å². The number of hydrogen-bond donors (Lipinski definition) is 2. The lowest BCUT2D eigenvalue weighted by Crippen LogP contribution is -2.46. The van der Waals surface area contributed by atoms with E-state index in [-0.39, 0.29) is 19.3 Å². The average molecular weight is 161 g/mol. The number of ether oxygens (including phenoxy) is 1. The molecule has 0 aromatic rings. The minimum atomic E-state index is -0.952. The second-order valence-corrected chi connectivity index (χ2v) is 2.40. The summed E-state index contributed by atoms with van der Waals surface area (Å²) in [5, 5.41) is 17.2. The lowest BCUT2D eigenvalue weighted by atomic mass is 10.3. The Hall–Kier alpha value is -0.810. The van der Waals surface area contributed by atoms with Gasteiger partial charge in [-0.15, -0.1) is 0 Å². The summed E-state index contributed by atoms with van der Waals surface area (Å²) < 4.78 is 5.05. The van der Waals surface area contributed by atoms with Crippen LogP contribution in [0, 0.1) is 0 Å². The molecule has 11 heavy (non-hydrogen) atoms. The molecule has 1 saturated heterocycles. The molecule has 0 unspecified atom stereocenters. The predicted molar refractivity (Wildman–Crippen MR) is 36.4 cm³/mol. The molecule has 0 aromatic heterocycles. The summed E-state index contributed by atoms with van der Waals surface area (Å²) >= 11 is 0. The van der Waals surface area contributed by atoms with Gasteiger partial charge in [0.25, 0.3) is 0 Å². The van der Waals surface area contributed by atoms with Gasteiger partial charge < -0.3 is 19.8 Å². The van der Waals surface area contributed by atoms with Gasteiger partial charge in [-0.05, 0) is 0 Å². The van der Waals surface area contributed by atoms with Gasteiger partial charge in [0.2, 0.25) is 0 Å². The van der Waals surface area contributed by atoms with Gasteiger partial charge in [-0.2, -0.15) is 0 Å². The highest BCUT2D eigenvalue weighted by Crippen LogP contribution is 2.03. The van der Waals surface area contributed by atoms with Crippen LogP contribution in [-0.4, -0.2) is 53.6 Å². The SMILES string of the molecule is O=C(O)N1CCO[C@H](CO)C1. The second kappa shape index (κ2) is 3.54. The van der Waals surface area contributed by atoms with Crippen LogP contribution in [0.2, 0.25) is 0 Å². The summed E-state index contributed by atoms with van der Waals surface area (Å²) in [7, 11) is 0. The Labute approximate surface area is 64.2 Å². The summed E-state index contributed by atoms with van der Waals surface area (Å²) in [4.78, 5) is 11.6. The molecule has 0 aliphatic carbocycles. The fraction of sp³-hybridized carbons (Fsp3) is 0.833. The number of carboxylic acid groups (broad SMARTS) is 1. The van der Waals surface area contributed by atoms with Crippen molar-refractivity contribution in [1.82, 2.24) is 4.90 Å². The number of rotatable bonds is 1. The van der Waals surface area contributed by atoms with Crippen LogP contribution >= 0.6 is 0 Å². The molecular formula is C6H11NO4. The third-order valence-corrected chi connectivity index (χ3v) is 1.61. The number of hydrogen-bond acceptors (Lipinski definition) is 3. The molecule has 1 aliphatic heterocycles. The van der Waals surface area contributed by atoms with Gasteiger partial charge in [-0.25, -0.2) is 4.79 Å². The molecule has 1 heterocycles. The van der Waals surface area contributed by atoms with Crippen molar-refractivity contribution in [1.29, 1.82) is 0 Å². The average Bonchev–Trinajstić information content (AvgIpc) is 2.05. The van der Waals surface area contributed by atoms with E-state index in [4.69, 9.17) is 14.9 Å². The number of carbonyl (C=O) groups is 1. The largest absolute Gasteiger partial charge is 0.465 e. The van der Waals surface area contributed by atoms with Crippen LogP contribution in [0.4, 0.5) is 4.79 Å². The van der Waals surface area contributed by atoms with Crippen molar-refractivity contribution >= 4 is 6.09 Å². The van der Waals surface area contributed by atoms with E-state index in [1.54, 1.807) is 0 Å². The number of aliphatic hydroxyl groups excluding tert-OH is 1. The molecule has 1 aliphatic rings. The maximum atomic E-state index is 10.4. The van der Waals surface area contributed by atoms with E-state index in [1.807, 2.05) is 0 Å². The fourth-order valence-corrected chi connectivity index (χ4v) is 1.00. The first-order valence-electron chi connectivity index (χ1n) is 3.44. The van der Waals surface area contributed by atoms with Crippen molar-refractivity contribution in [3.63, 3.8) is 0 Å². The molecule has 0 radical (unpaired) electrons. The summed E-state index contributed by atoms with van der Waals surface area (Å²) in [6.45, 7) is 0.916. The number of nitrogens with zero attached hydrogens (tertiary/aromatic N) is 1. The summed E-state index contributed by atoms with van der Waals surface area (Å²) in [6, 6.07) is 0. The van der Waals surface area contributed by atoms with Crippen LogP contribution in [-0.2, 0) is 4.74 Å². The first-order chi connectivity index (χ1) is 5.24. The lowest BCUT2D eigenvalue weighted by Gasteiger charge is -2.29. The summed E-state index contributed by atoms with van der Waals surface area (Å²) in [6.07, 6.45) is -1.30. The van der Waals surface area contributed by atoms with Crippen molar-refractivity contribution in [3.05, 3.63) is 0 Å². The number of aliphatic hydroxyl groups is 1. The van der Waals surface area contributed by atoms with E-state index in [0.717, 1.165) is 0 Å². The Morgan fingerprint density at radius 1 is 1.73 bits per heavy atom. The van der Waals surface area contributed by atoms with Gasteiger partial charge in [0.05, 0.1) is 25.9 Å². The molecule has 5 nitrogen and oxygen atoms in total. The topological polar surface area (TPSA) is 70.0 Å². The van der Waals surface area contributed by atoms with Gasteiger partial charge >= 0.3 is 6.09 Å². The van der Waals surface area contributed by atoms with Crippen LogP contribution in [0.15, 0.2) is 0 Å². The zero-order chi connectivity index (χ0) is 8.27. The molecule has 0 spiro atoms. The minimum absolute atomic E-state index is 0.121. The minimum Gasteiger partial charge on any atom is -0.465 e. The van der Waals surface area contributed by atoms with Gasteiger partial charge in [0.1, 0.15) is 0 Å². The third kappa shape index (κ3) is 2.06. The number of morpholine rings is 1. The Morgan fingerprint density at radius 2 is 2.45 bits per heavy atom. The normalized spacial score (nSPS) is 25.2. The Morgan fingerprint density at radius 3 is 3.00 bits per heavy atom. The molecular weight excluding hydrogens is 150 g/mol. The molecule has 1 amide bonds. The van der Waals surface area contributed by atoms with E-state index in [9.17, 15) is 4.79 Å². The lowest BCUT2D eigenvalue weighted by molar-refractivity contribution is -0.0459. The molecule has 1 fully saturated rings. The Kier molecular flexibility index (Phi) is 2.67. The van der Waals surface area contributed by atoms with Crippen LogP contribution in [0.5, 0.6) is 0 Å². The molecule has 64 valence electrons. The smallest absolute Gasteiger partial charge is 0.407 e.